The summed E-state index contributed by atoms with van der Waals surface area (Å²) in [4.78, 5) is 12.8. The van der Waals surface area contributed by atoms with Crippen LogP contribution in [0.15, 0.2) is 29.2 Å². The number of rotatable bonds is 5. The van der Waals surface area contributed by atoms with Crippen molar-refractivity contribution in [3.8, 4) is 0 Å². The normalized spacial score (nSPS) is 25.0. The van der Waals surface area contributed by atoms with Crippen molar-refractivity contribution in [3.05, 3.63) is 29.8 Å². The quantitative estimate of drug-likeness (QED) is 0.818. The Morgan fingerprint density at radius 1 is 1.12 bits per heavy atom. The number of hydrogen-bond acceptors (Lipinski definition) is 4. The van der Waals surface area contributed by atoms with Crippen LogP contribution in [0.25, 0.3) is 0 Å². The van der Waals surface area contributed by atoms with Gasteiger partial charge in [-0.1, -0.05) is 31.0 Å². The van der Waals surface area contributed by atoms with E-state index in [-0.39, 0.29) is 24.4 Å². The first-order chi connectivity index (χ1) is 12.5. The number of hydrogen-bond donors (Lipinski definition) is 2. The molecule has 144 valence electrons. The van der Waals surface area contributed by atoms with Gasteiger partial charge in [-0.05, 0) is 43.7 Å². The van der Waals surface area contributed by atoms with E-state index in [1.807, 2.05) is 6.07 Å². The molecule has 2 atom stereocenters. The molecule has 1 aliphatic carbocycles. The summed E-state index contributed by atoms with van der Waals surface area (Å²) >= 11 is 0. The zero-order chi connectivity index (χ0) is 18.6. The number of benzene rings is 1. The minimum Gasteiger partial charge on any atom is -0.352 e. The van der Waals surface area contributed by atoms with Gasteiger partial charge in [-0.15, -0.1) is 0 Å². The van der Waals surface area contributed by atoms with Crippen molar-refractivity contribution >= 4 is 15.9 Å². The van der Waals surface area contributed by atoms with Crippen LogP contribution < -0.4 is 11.1 Å². The molecule has 7 heteroatoms. The predicted molar refractivity (Wildman–Crippen MR) is 101 cm³/mol. The standard InChI is InChI=1S/C19H29N3O3S/c20-17-9-6-8-15(13-17)19(23)21-14-16-7-2-3-10-18(16)26(24,25)22-11-4-1-5-12-22/h2-3,7,10,15,17H,1,4-6,8-9,11-14,20H2,(H,21,23). The number of piperidine rings is 1. The van der Waals surface area contributed by atoms with Crippen molar-refractivity contribution < 1.29 is 13.2 Å². The average Bonchev–Trinajstić information content (AvgIpc) is 2.67. The molecule has 6 nitrogen and oxygen atoms in total. The predicted octanol–water partition coefficient (Wildman–Crippen LogP) is 1.99. The number of carbonyl (C=O) groups excluding carboxylic acids is 1. The number of nitrogens with one attached hydrogen (secondary N) is 1. The van der Waals surface area contributed by atoms with Gasteiger partial charge in [0.05, 0.1) is 4.90 Å². The summed E-state index contributed by atoms with van der Waals surface area (Å²) < 4.78 is 27.6. The Labute approximate surface area is 156 Å². The lowest BCUT2D eigenvalue weighted by Gasteiger charge is -2.27. The van der Waals surface area contributed by atoms with Gasteiger partial charge in [-0.3, -0.25) is 4.79 Å². The van der Waals surface area contributed by atoms with Crippen LogP contribution in [-0.4, -0.2) is 37.8 Å². The fourth-order valence-corrected chi connectivity index (χ4v) is 5.68. The maximum absolute atomic E-state index is 13.0. The van der Waals surface area contributed by atoms with E-state index in [4.69, 9.17) is 5.73 Å². The van der Waals surface area contributed by atoms with Gasteiger partial charge in [0.1, 0.15) is 0 Å². The van der Waals surface area contributed by atoms with Crippen LogP contribution in [0, 0.1) is 5.92 Å². The molecule has 1 saturated heterocycles. The van der Waals surface area contributed by atoms with Crippen molar-refractivity contribution in [3.63, 3.8) is 0 Å². The highest BCUT2D eigenvalue weighted by Gasteiger charge is 2.29. The number of carbonyl (C=O) groups is 1. The molecule has 1 aromatic rings. The summed E-state index contributed by atoms with van der Waals surface area (Å²) in [6.07, 6.45) is 6.39. The lowest BCUT2D eigenvalue weighted by Crippen LogP contribution is -2.38. The molecule has 2 unspecified atom stereocenters. The third-order valence-electron chi connectivity index (χ3n) is 5.44. The molecule has 1 heterocycles. The zero-order valence-electron chi connectivity index (χ0n) is 15.2. The van der Waals surface area contributed by atoms with Gasteiger partial charge in [0, 0.05) is 31.6 Å². The molecule has 2 fully saturated rings. The minimum absolute atomic E-state index is 0.0228. The Morgan fingerprint density at radius 2 is 1.85 bits per heavy atom. The highest BCUT2D eigenvalue weighted by molar-refractivity contribution is 7.89. The minimum atomic E-state index is -3.51. The molecular weight excluding hydrogens is 350 g/mol. The van der Waals surface area contributed by atoms with Crippen LogP contribution in [0.2, 0.25) is 0 Å². The number of nitrogens with zero attached hydrogens (tertiary/aromatic N) is 1. The fraction of sp³-hybridized carbons (Fsp3) is 0.632. The summed E-state index contributed by atoms with van der Waals surface area (Å²) in [5.74, 6) is -0.0880. The molecule has 0 radical (unpaired) electrons. The Balaban J connectivity index is 1.70. The summed E-state index contributed by atoms with van der Waals surface area (Å²) in [6.45, 7) is 1.37. The van der Waals surface area contributed by atoms with E-state index in [1.54, 1.807) is 22.5 Å². The van der Waals surface area contributed by atoms with Crippen molar-refractivity contribution in [1.29, 1.82) is 0 Å². The molecule has 1 saturated carbocycles. The summed E-state index contributed by atoms with van der Waals surface area (Å²) in [5.41, 5.74) is 6.61. The highest BCUT2D eigenvalue weighted by Crippen LogP contribution is 2.25. The molecule has 1 aliphatic heterocycles. The second-order valence-corrected chi connectivity index (χ2v) is 9.32. The van der Waals surface area contributed by atoms with E-state index in [1.165, 1.54) is 0 Å². The Hall–Kier alpha value is -1.44. The van der Waals surface area contributed by atoms with Crippen LogP contribution in [0.3, 0.4) is 0 Å². The highest BCUT2D eigenvalue weighted by atomic mass is 32.2. The topological polar surface area (TPSA) is 92.5 Å². The van der Waals surface area contributed by atoms with Gasteiger partial charge in [0.2, 0.25) is 15.9 Å². The molecular formula is C19H29N3O3S. The van der Waals surface area contributed by atoms with Gasteiger partial charge < -0.3 is 11.1 Å². The van der Waals surface area contributed by atoms with Crippen LogP contribution in [-0.2, 0) is 21.4 Å². The van der Waals surface area contributed by atoms with Crippen LogP contribution in [0.1, 0.15) is 50.5 Å². The maximum atomic E-state index is 13.0. The number of amides is 1. The van der Waals surface area contributed by atoms with Gasteiger partial charge in [-0.2, -0.15) is 4.31 Å². The molecule has 3 N–H and O–H groups in total. The van der Waals surface area contributed by atoms with E-state index in [0.29, 0.717) is 30.0 Å². The lowest BCUT2D eigenvalue weighted by atomic mass is 9.85. The van der Waals surface area contributed by atoms with Gasteiger partial charge in [-0.25, -0.2) is 8.42 Å². The van der Waals surface area contributed by atoms with Crippen LogP contribution in [0.5, 0.6) is 0 Å². The molecule has 1 amide bonds. The first-order valence-corrected chi connectivity index (χ1v) is 11.0. The van der Waals surface area contributed by atoms with Crippen molar-refractivity contribution in [2.75, 3.05) is 13.1 Å². The Morgan fingerprint density at radius 3 is 2.58 bits per heavy atom. The van der Waals surface area contributed by atoms with E-state index < -0.39 is 10.0 Å². The SMILES string of the molecule is NC1CCCC(C(=O)NCc2ccccc2S(=O)(=O)N2CCCCC2)C1. The molecule has 2 aliphatic rings. The van der Waals surface area contributed by atoms with Gasteiger partial charge >= 0.3 is 0 Å². The smallest absolute Gasteiger partial charge is 0.243 e. The van der Waals surface area contributed by atoms with Crippen molar-refractivity contribution in [2.45, 2.75) is 62.4 Å². The largest absolute Gasteiger partial charge is 0.352 e. The second-order valence-electron chi connectivity index (χ2n) is 7.41. The molecule has 0 bridgehead atoms. The monoisotopic (exact) mass is 379 g/mol. The number of sulfonamides is 1. The van der Waals surface area contributed by atoms with E-state index in [0.717, 1.165) is 38.5 Å². The van der Waals surface area contributed by atoms with Gasteiger partial charge in [0.15, 0.2) is 0 Å². The molecule has 0 aromatic heterocycles. The summed E-state index contributed by atoms with van der Waals surface area (Å²) in [7, 11) is -3.51. The first-order valence-electron chi connectivity index (χ1n) is 9.60. The fourth-order valence-electron chi connectivity index (χ4n) is 3.94. The van der Waals surface area contributed by atoms with Crippen molar-refractivity contribution in [2.24, 2.45) is 11.7 Å². The third kappa shape index (κ3) is 4.45. The Kier molecular flexibility index (Phi) is 6.32. The van der Waals surface area contributed by atoms with E-state index in [2.05, 4.69) is 5.32 Å². The molecule has 1 aromatic carbocycles. The van der Waals surface area contributed by atoms with Crippen LogP contribution >= 0.6 is 0 Å². The average molecular weight is 380 g/mol. The van der Waals surface area contributed by atoms with Crippen molar-refractivity contribution in [1.82, 2.24) is 9.62 Å². The number of nitrogens with two attached hydrogens (primary N) is 1. The van der Waals surface area contributed by atoms with Gasteiger partial charge in [0.25, 0.3) is 0 Å². The van der Waals surface area contributed by atoms with E-state index >= 15 is 0 Å². The third-order valence-corrected chi connectivity index (χ3v) is 7.44. The summed E-state index contributed by atoms with van der Waals surface area (Å²) in [5, 5.41) is 2.93. The summed E-state index contributed by atoms with van der Waals surface area (Å²) in [6, 6.07) is 7.06. The second kappa shape index (κ2) is 8.50. The zero-order valence-corrected chi connectivity index (χ0v) is 16.0. The molecule has 3 rings (SSSR count). The van der Waals surface area contributed by atoms with E-state index in [9.17, 15) is 13.2 Å². The molecule has 26 heavy (non-hydrogen) atoms. The molecule has 0 spiro atoms. The van der Waals surface area contributed by atoms with Crippen LogP contribution in [0.4, 0.5) is 0 Å². The maximum Gasteiger partial charge on any atom is 0.243 e. The first kappa shape index (κ1) is 19.3. The Bertz CT molecular complexity index is 729. The lowest BCUT2D eigenvalue weighted by molar-refractivity contribution is -0.126.